The zero-order valence-corrected chi connectivity index (χ0v) is 13.4. The molecule has 100 valence electrons. The summed E-state index contributed by atoms with van der Waals surface area (Å²) in [6.45, 7) is 7.93. The Morgan fingerprint density at radius 3 is 2.67 bits per heavy atom. The van der Waals surface area contributed by atoms with Gasteiger partial charge in [-0.15, -0.1) is 0 Å². The van der Waals surface area contributed by atoms with E-state index in [4.69, 9.17) is 4.43 Å². The monoisotopic (exact) mass is 264 g/mol. The van der Waals surface area contributed by atoms with Gasteiger partial charge in [-0.3, -0.25) is 0 Å². The lowest BCUT2D eigenvalue weighted by molar-refractivity contribution is -0.130. The van der Waals surface area contributed by atoms with Crippen molar-refractivity contribution in [3.05, 3.63) is 22.8 Å². The number of hydrogen-bond donors (Lipinski definition) is 0. The lowest BCUT2D eigenvalue weighted by Gasteiger charge is -2.24. The third-order valence-electron chi connectivity index (χ3n) is 4.73. The first kappa shape index (κ1) is 13.6. The highest BCUT2D eigenvalue weighted by Crippen LogP contribution is 2.54. The molecule has 0 aliphatic heterocycles. The molecule has 0 amide bonds. The first-order valence-corrected chi connectivity index (χ1v) is 8.41. The molecule has 0 aromatic carbocycles. The summed E-state index contributed by atoms with van der Waals surface area (Å²) in [5.41, 5.74) is 4.07. The lowest BCUT2D eigenvalue weighted by Crippen LogP contribution is -2.20. The van der Waals surface area contributed by atoms with Crippen LogP contribution in [0.3, 0.4) is 0 Å². The fraction of sp³-hybridized carbons (Fsp3) is 0.667. The van der Waals surface area contributed by atoms with Gasteiger partial charge in [0.2, 0.25) is 9.76 Å². The topological polar surface area (TPSA) is 26.3 Å². The van der Waals surface area contributed by atoms with Crippen LogP contribution in [-0.2, 0) is 9.22 Å². The van der Waals surface area contributed by atoms with Gasteiger partial charge >= 0.3 is 5.97 Å². The summed E-state index contributed by atoms with van der Waals surface area (Å²) >= 11 is 0. The van der Waals surface area contributed by atoms with E-state index in [0.29, 0.717) is 5.54 Å². The van der Waals surface area contributed by atoms with Crippen LogP contribution < -0.4 is 0 Å². The Kier molecular flexibility index (Phi) is 4.10. The summed E-state index contributed by atoms with van der Waals surface area (Å²) in [7, 11) is -0.773. The van der Waals surface area contributed by atoms with Gasteiger partial charge in [0.25, 0.3) is 0 Å². The lowest BCUT2D eigenvalue weighted by atomic mass is 9.94. The Morgan fingerprint density at radius 2 is 2.06 bits per heavy atom. The van der Waals surface area contributed by atoms with Gasteiger partial charge in [0, 0.05) is 11.1 Å². The van der Waals surface area contributed by atoms with E-state index in [9.17, 15) is 4.79 Å². The van der Waals surface area contributed by atoms with E-state index in [1.54, 1.807) is 5.57 Å². The number of hydrogen-bond acceptors (Lipinski definition) is 2. The van der Waals surface area contributed by atoms with Crippen LogP contribution in [-0.4, -0.2) is 15.7 Å². The molecule has 3 unspecified atom stereocenters. The summed E-state index contributed by atoms with van der Waals surface area (Å²) < 4.78 is 5.64. The minimum absolute atomic E-state index is 0.0834. The molecule has 2 rings (SSSR count). The molecule has 0 aromatic rings. The summed E-state index contributed by atoms with van der Waals surface area (Å²) in [5.74, 6) is 1.54. The average molecular weight is 264 g/mol. The molecule has 0 radical (unpaired) electrons. The van der Waals surface area contributed by atoms with E-state index < -0.39 is 9.76 Å². The molecular formula is C15H24O2Si. The van der Waals surface area contributed by atoms with Crippen molar-refractivity contribution in [3.8, 4) is 0 Å². The summed E-state index contributed by atoms with van der Waals surface area (Å²) in [6.07, 6.45) is 6.33. The zero-order valence-electron chi connectivity index (χ0n) is 12.0. The summed E-state index contributed by atoms with van der Waals surface area (Å²) in [6, 6.07) is 0. The smallest absolute Gasteiger partial charge is 0.319 e. The fourth-order valence-corrected chi connectivity index (χ4v) is 5.43. The molecule has 2 saturated carbocycles. The first-order chi connectivity index (χ1) is 8.54. The highest BCUT2D eigenvalue weighted by molar-refractivity contribution is 6.35. The molecule has 2 nitrogen and oxygen atoms in total. The van der Waals surface area contributed by atoms with E-state index in [1.165, 1.54) is 19.3 Å². The molecular weight excluding hydrogens is 240 g/mol. The third kappa shape index (κ3) is 2.46. The largest absolute Gasteiger partial charge is 0.521 e. The van der Waals surface area contributed by atoms with Crippen molar-refractivity contribution in [2.45, 2.75) is 52.5 Å². The van der Waals surface area contributed by atoms with Gasteiger partial charge in [-0.25, -0.2) is 4.79 Å². The van der Waals surface area contributed by atoms with Gasteiger partial charge in [-0.1, -0.05) is 17.2 Å². The first-order valence-electron chi connectivity index (χ1n) is 7.01. The maximum Gasteiger partial charge on any atom is 0.319 e. The van der Waals surface area contributed by atoms with Crippen LogP contribution in [0.15, 0.2) is 22.8 Å². The quantitative estimate of drug-likeness (QED) is 0.445. The molecule has 18 heavy (non-hydrogen) atoms. The maximum absolute atomic E-state index is 11.9. The molecule has 0 heterocycles. The molecule has 0 saturated heterocycles. The molecule has 0 aromatic heterocycles. The number of fused-ring (bicyclic) bond motifs is 2. The van der Waals surface area contributed by atoms with Crippen molar-refractivity contribution >= 4 is 15.7 Å². The Morgan fingerprint density at radius 1 is 1.33 bits per heavy atom. The number of carbonyl (C=O) groups is 1. The van der Waals surface area contributed by atoms with Gasteiger partial charge in [-0.05, 0) is 58.8 Å². The van der Waals surface area contributed by atoms with E-state index in [0.717, 1.165) is 23.0 Å². The molecule has 2 fully saturated rings. The van der Waals surface area contributed by atoms with Crippen molar-refractivity contribution in [2.24, 2.45) is 11.8 Å². The number of rotatable bonds is 3. The number of carbonyl (C=O) groups excluding carboxylic acids is 1. The molecule has 2 bridgehead atoms. The minimum atomic E-state index is -0.773. The standard InChI is InChI=1S/C15H24O2Si/c1-5-13-11-6-7-12(8-11)14(13)18-17-15(16)10(4)9(2)3/h5,11-12,14H,6-8,18H2,1-4H3. The highest BCUT2D eigenvalue weighted by Gasteiger charge is 2.43. The molecule has 2 aliphatic carbocycles. The van der Waals surface area contributed by atoms with E-state index in [1.807, 2.05) is 20.8 Å². The molecule has 0 spiro atoms. The second-order valence-corrected chi connectivity index (χ2v) is 7.39. The molecule has 2 aliphatic rings. The number of allylic oxidation sites excluding steroid dienone is 3. The third-order valence-corrected chi connectivity index (χ3v) is 6.65. The van der Waals surface area contributed by atoms with Gasteiger partial charge < -0.3 is 4.43 Å². The second kappa shape index (κ2) is 5.43. The Bertz CT molecular complexity index is 405. The van der Waals surface area contributed by atoms with Gasteiger partial charge in [0.15, 0.2) is 0 Å². The van der Waals surface area contributed by atoms with Crippen LogP contribution in [0.2, 0.25) is 5.54 Å². The van der Waals surface area contributed by atoms with Crippen LogP contribution in [0.4, 0.5) is 0 Å². The van der Waals surface area contributed by atoms with Crippen molar-refractivity contribution in [1.29, 1.82) is 0 Å². The van der Waals surface area contributed by atoms with Crippen LogP contribution in [0.5, 0.6) is 0 Å². The van der Waals surface area contributed by atoms with E-state index >= 15 is 0 Å². The normalized spacial score (nSPS) is 32.4. The zero-order chi connectivity index (χ0) is 13.3. The molecule has 3 heteroatoms. The van der Waals surface area contributed by atoms with E-state index in [-0.39, 0.29) is 5.97 Å². The Hall–Kier alpha value is -0.833. The van der Waals surface area contributed by atoms with Crippen LogP contribution in [0.1, 0.15) is 47.0 Å². The SMILES string of the molecule is CC=C1C2CCC(C2)C1[SiH2]OC(=O)C(C)=C(C)C. The van der Waals surface area contributed by atoms with Crippen LogP contribution in [0.25, 0.3) is 0 Å². The molecule has 0 N–H and O–H groups in total. The molecule has 3 atom stereocenters. The van der Waals surface area contributed by atoms with Crippen molar-refractivity contribution < 1.29 is 9.22 Å². The predicted molar refractivity (Wildman–Crippen MR) is 77.0 cm³/mol. The highest BCUT2D eigenvalue weighted by atomic mass is 28.2. The van der Waals surface area contributed by atoms with Crippen molar-refractivity contribution in [1.82, 2.24) is 0 Å². The van der Waals surface area contributed by atoms with Gasteiger partial charge in [0.1, 0.15) is 0 Å². The predicted octanol–water partition coefficient (Wildman–Crippen LogP) is 3.13. The Labute approximate surface area is 112 Å². The Balaban J connectivity index is 1.95. The summed E-state index contributed by atoms with van der Waals surface area (Å²) in [5, 5.41) is 0. The van der Waals surface area contributed by atoms with Gasteiger partial charge in [0.05, 0.1) is 0 Å². The van der Waals surface area contributed by atoms with Gasteiger partial charge in [-0.2, -0.15) is 0 Å². The van der Waals surface area contributed by atoms with E-state index in [2.05, 4.69) is 13.0 Å². The second-order valence-electron chi connectivity index (χ2n) is 5.89. The minimum Gasteiger partial charge on any atom is -0.521 e. The van der Waals surface area contributed by atoms with Crippen LogP contribution in [0, 0.1) is 11.8 Å². The van der Waals surface area contributed by atoms with Crippen molar-refractivity contribution in [3.63, 3.8) is 0 Å². The fourth-order valence-electron chi connectivity index (χ4n) is 3.42. The summed E-state index contributed by atoms with van der Waals surface area (Å²) in [4.78, 5) is 11.9. The maximum atomic E-state index is 11.9. The average Bonchev–Trinajstić information content (AvgIpc) is 2.94. The van der Waals surface area contributed by atoms with Crippen molar-refractivity contribution in [2.75, 3.05) is 0 Å². The van der Waals surface area contributed by atoms with Crippen LogP contribution >= 0.6 is 0 Å².